The highest BCUT2D eigenvalue weighted by Gasteiger charge is 2.43. The van der Waals surface area contributed by atoms with Crippen LogP contribution in [0, 0.1) is 0 Å². The number of ketones is 2. The minimum Gasteiger partial charge on any atom is -0.506 e. The van der Waals surface area contributed by atoms with E-state index in [4.69, 9.17) is 18.9 Å². The minimum atomic E-state index is -0.943. The fraction of sp³-hybridized carbons (Fsp3) is 0.267. The fourth-order valence-electron chi connectivity index (χ4n) is 5.95. The van der Waals surface area contributed by atoms with E-state index in [-0.39, 0.29) is 39.8 Å². The van der Waals surface area contributed by atoms with Gasteiger partial charge in [0.15, 0.2) is 5.76 Å². The number of phenols is 3. The van der Waals surface area contributed by atoms with Crippen LogP contribution in [0.15, 0.2) is 24.0 Å². The van der Waals surface area contributed by atoms with Gasteiger partial charge in [0.1, 0.15) is 46.3 Å². The van der Waals surface area contributed by atoms with Gasteiger partial charge in [0.05, 0.1) is 36.3 Å². The number of methoxy groups -OCH3 is 2. The third-order valence-corrected chi connectivity index (χ3v) is 7.65. The van der Waals surface area contributed by atoms with Gasteiger partial charge in [0.2, 0.25) is 11.6 Å². The lowest BCUT2D eigenvalue weighted by Crippen LogP contribution is -2.29. The molecule has 0 radical (unpaired) electrons. The Morgan fingerprint density at radius 2 is 1.27 bits per heavy atom. The van der Waals surface area contributed by atoms with Crippen LogP contribution in [-0.4, -0.2) is 65.3 Å². The molecule has 6 rings (SSSR count). The minimum absolute atomic E-state index is 0.0550. The average Bonchev–Trinajstić information content (AvgIpc) is 2.89. The van der Waals surface area contributed by atoms with Crippen molar-refractivity contribution < 1.29 is 53.4 Å². The number of hydrogen-bond donors (Lipinski definition) is 3. The Bertz CT molecular complexity index is 1800. The highest BCUT2D eigenvalue weighted by Crippen LogP contribution is 2.50. The van der Waals surface area contributed by atoms with Crippen molar-refractivity contribution in [1.82, 2.24) is 0 Å². The SMILES string of the molecule is COC1=C(c2c(OC)cc3cc4c(c(O)c3c2O)C(=O)O[C@H](C)C4)C(=O)c2c(cc3c(c2O)C(=O)O[C@H](C)C3)C1=O. The van der Waals surface area contributed by atoms with Gasteiger partial charge >= 0.3 is 11.9 Å². The third-order valence-electron chi connectivity index (χ3n) is 7.65. The van der Waals surface area contributed by atoms with Crippen molar-refractivity contribution in [3.63, 3.8) is 0 Å². The monoisotopic (exact) mass is 560 g/mol. The Hall–Kier alpha value is -5.06. The fourth-order valence-corrected chi connectivity index (χ4v) is 5.95. The van der Waals surface area contributed by atoms with Crippen molar-refractivity contribution >= 4 is 39.9 Å². The summed E-state index contributed by atoms with van der Waals surface area (Å²) in [4.78, 5) is 53.0. The number of allylic oxidation sites excluding steroid dienone is 2. The molecule has 210 valence electrons. The molecule has 0 saturated carbocycles. The van der Waals surface area contributed by atoms with Crippen LogP contribution in [0.1, 0.15) is 72.0 Å². The van der Waals surface area contributed by atoms with E-state index in [1.165, 1.54) is 26.4 Å². The summed E-state index contributed by atoms with van der Waals surface area (Å²) in [6.45, 7) is 3.36. The number of phenolic OH excluding ortho intramolecular Hbond substituents is 3. The number of rotatable bonds is 3. The molecule has 2 aliphatic heterocycles. The zero-order valence-corrected chi connectivity index (χ0v) is 22.4. The molecule has 2 atom stereocenters. The lowest BCUT2D eigenvalue weighted by atomic mass is 9.80. The number of Topliss-reactive ketones (excluding diaryl/α,β-unsaturated/α-hetero) is 2. The van der Waals surface area contributed by atoms with Crippen LogP contribution in [0.2, 0.25) is 0 Å². The lowest BCUT2D eigenvalue weighted by Gasteiger charge is -2.28. The van der Waals surface area contributed by atoms with Gasteiger partial charge in [0, 0.05) is 18.4 Å². The van der Waals surface area contributed by atoms with E-state index < -0.39 is 69.9 Å². The summed E-state index contributed by atoms with van der Waals surface area (Å²) >= 11 is 0. The summed E-state index contributed by atoms with van der Waals surface area (Å²) < 4.78 is 21.4. The van der Waals surface area contributed by atoms with Crippen molar-refractivity contribution in [3.05, 3.63) is 62.9 Å². The van der Waals surface area contributed by atoms with E-state index in [1.807, 2.05) is 0 Å². The molecular formula is C30H24O11. The van der Waals surface area contributed by atoms with E-state index >= 15 is 0 Å². The first kappa shape index (κ1) is 26.2. The Balaban J connectivity index is 1.65. The molecule has 0 fully saturated rings. The molecule has 0 bridgehead atoms. The summed E-state index contributed by atoms with van der Waals surface area (Å²) in [5.41, 5.74) is -0.951. The number of cyclic esters (lactones) is 2. The Labute approximate surface area is 232 Å². The zero-order chi connectivity index (χ0) is 29.5. The largest absolute Gasteiger partial charge is 0.506 e. The standard InChI is InChI=1S/C30H24O11/c1-10-5-12-7-14-9-16(38-3)21(25(33)17(14)24(32)18(12)29(36)40-10)22-27(35)20-15(23(31)28(22)39-4)8-13-6-11(2)41-30(37)19(13)26(20)34/h7-11,32-34H,5-6H2,1-4H3/t10-,11-/m1/s1. The topological polar surface area (TPSA) is 166 Å². The lowest BCUT2D eigenvalue weighted by molar-refractivity contribution is 0.0286. The van der Waals surface area contributed by atoms with Gasteiger partial charge < -0.3 is 34.3 Å². The zero-order valence-electron chi connectivity index (χ0n) is 22.4. The first-order chi connectivity index (χ1) is 19.5. The smallest absolute Gasteiger partial charge is 0.342 e. The number of ether oxygens (including phenoxy) is 4. The van der Waals surface area contributed by atoms with Crippen LogP contribution in [0.5, 0.6) is 23.0 Å². The molecule has 3 N–H and O–H groups in total. The van der Waals surface area contributed by atoms with Gasteiger partial charge in [-0.3, -0.25) is 9.59 Å². The summed E-state index contributed by atoms with van der Waals surface area (Å²) in [6, 6.07) is 4.40. The number of carbonyl (C=O) groups is 4. The van der Waals surface area contributed by atoms with Crippen LogP contribution >= 0.6 is 0 Å². The molecule has 0 spiro atoms. The van der Waals surface area contributed by atoms with E-state index in [0.717, 1.165) is 0 Å². The van der Waals surface area contributed by atoms with E-state index in [2.05, 4.69) is 0 Å². The molecular weight excluding hydrogens is 536 g/mol. The summed E-state index contributed by atoms with van der Waals surface area (Å²) in [6.07, 6.45) is -0.400. The van der Waals surface area contributed by atoms with Crippen LogP contribution in [0.3, 0.4) is 0 Å². The second-order valence-corrected chi connectivity index (χ2v) is 10.2. The molecule has 3 aromatic carbocycles. The Kier molecular flexibility index (Phi) is 5.73. The van der Waals surface area contributed by atoms with Crippen LogP contribution in [0.4, 0.5) is 0 Å². The van der Waals surface area contributed by atoms with E-state index in [1.54, 1.807) is 19.9 Å². The molecule has 2 heterocycles. The number of aromatic hydroxyl groups is 3. The third kappa shape index (κ3) is 3.58. The van der Waals surface area contributed by atoms with Gasteiger partial charge in [-0.1, -0.05) is 0 Å². The van der Waals surface area contributed by atoms with Crippen molar-refractivity contribution in [1.29, 1.82) is 0 Å². The summed E-state index contributed by atoms with van der Waals surface area (Å²) in [7, 11) is 2.45. The van der Waals surface area contributed by atoms with Crippen molar-refractivity contribution in [2.75, 3.05) is 14.2 Å². The van der Waals surface area contributed by atoms with Gasteiger partial charge in [-0.15, -0.1) is 0 Å². The van der Waals surface area contributed by atoms with E-state index in [9.17, 15) is 34.5 Å². The predicted molar refractivity (Wildman–Crippen MR) is 142 cm³/mol. The quantitative estimate of drug-likeness (QED) is 0.401. The molecule has 0 amide bonds. The Morgan fingerprint density at radius 1 is 0.707 bits per heavy atom. The molecule has 3 aromatic rings. The second-order valence-electron chi connectivity index (χ2n) is 10.2. The normalized spacial score (nSPS) is 19.8. The summed E-state index contributed by atoms with van der Waals surface area (Å²) in [5.74, 6) is -5.83. The molecule has 0 saturated heterocycles. The van der Waals surface area contributed by atoms with Crippen LogP contribution < -0.4 is 4.74 Å². The number of hydrogen-bond acceptors (Lipinski definition) is 11. The maximum absolute atomic E-state index is 14.1. The maximum atomic E-state index is 14.1. The number of fused-ring (bicyclic) bond motifs is 4. The van der Waals surface area contributed by atoms with E-state index in [0.29, 0.717) is 22.9 Å². The molecule has 11 heteroatoms. The molecule has 11 nitrogen and oxygen atoms in total. The average molecular weight is 561 g/mol. The second kappa shape index (κ2) is 8.98. The Morgan fingerprint density at radius 3 is 1.85 bits per heavy atom. The number of esters is 2. The number of carbonyl (C=O) groups excluding carboxylic acids is 4. The van der Waals surface area contributed by atoms with Gasteiger partial charge in [0.25, 0.3) is 0 Å². The highest BCUT2D eigenvalue weighted by atomic mass is 16.5. The first-order valence-corrected chi connectivity index (χ1v) is 12.8. The van der Waals surface area contributed by atoms with Gasteiger partial charge in [-0.2, -0.15) is 0 Å². The van der Waals surface area contributed by atoms with Gasteiger partial charge in [-0.05, 0) is 48.6 Å². The highest BCUT2D eigenvalue weighted by molar-refractivity contribution is 6.42. The first-order valence-electron chi connectivity index (χ1n) is 12.8. The number of benzene rings is 3. The van der Waals surface area contributed by atoms with Crippen LogP contribution in [0.25, 0.3) is 16.3 Å². The summed E-state index contributed by atoms with van der Waals surface area (Å²) in [5, 5.41) is 33.9. The molecule has 0 aromatic heterocycles. The van der Waals surface area contributed by atoms with Gasteiger partial charge in [-0.25, -0.2) is 9.59 Å². The molecule has 3 aliphatic rings. The molecule has 41 heavy (non-hydrogen) atoms. The maximum Gasteiger partial charge on any atom is 0.342 e. The van der Waals surface area contributed by atoms with Crippen molar-refractivity contribution in [2.24, 2.45) is 0 Å². The molecule has 0 unspecified atom stereocenters. The predicted octanol–water partition coefficient (Wildman–Crippen LogP) is 3.60. The van der Waals surface area contributed by atoms with Crippen molar-refractivity contribution in [3.8, 4) is 23.0 Å². The van der Waals surface area contributed by atoms with Crippen molar-refractivity contribution in [2.45, 2.75) is 38.9 Å². The van der Waals surface area contributed by atoms with Crippen LogP contribution in [-0.2, 0) is 27.1 Å². The molecule has 1 aliphatic carbocycles.